The molecule has 0 spiro atoms. The zero-order valence-electron chi connectivity index (χ0n) is 14.7. The van der Waals surface area contributed by atoms with Crippen LogP contribution in [0.2, 0.25) is 0 Å². The lowest BCUT2D eigenvalue weighted by molar-refractivity contribution is -0.125. The number of nitrogens with two attached hydrogens (primary N) is 1. The van der Waals surface area contributed by atoms with Crippen molar-refractivity contribution in [3.05, 3.63) is 42.5 Å². The highest BCUT2D eigenvalue weighted by atomic mass is 16.5. The Morgan fingerprint density at radius 1 is 1.31 bits per heavy atom. The summed E-state index contributed by atoms with van der Waals surface area (Å²) in [5, 5.41) is 2.76. The van der Waals surface area contributed by atoms with Crippen LogP contribution in [0.4, 0.5) is 17.1 Å². The Balaban J connectivity index is 1.69. The van der Waals surface area contributed by atoms with Gasteiger partial charge in [-0.3, -0.25) is 9.59 Å². The Hall–Kier alpha value is -3.22. The van der Waals surface area contributed by atoms with Crippen LogP contribution in [0.1, 0.15) is 13.3 Å². The molecular formula is C19H21N3O4. The first-order valence-corrected chi connectivity index (χ1v) is 8.30. The number of ether oxygens (including phenoxy) is 2. The monoisotopic (exact) mass is 355 g/mol. The molecule has 1 aliphatic heterocycles. The van der Waals surface area contributed by atoms with Gasteiger partial charge in [0, 0.05) is 19.0 Å². The van der Waals surface area contributed by atoms with Crippen molar-refractivity contribution < 1.29 is 19.1 Å². The standard InChI is InChI=1S/C19H21N3O4/c1-12-19(24)22(16-5-3-4-6-17(16)26-12)10-9-18(23)21-15-11-13(25-2)7-8-14(15)20/h3-8,11-12H,9-10,20H2,1-2H3,(H,21,23). The van der Waals surface area contributed by atoms with E-state index in [4.69, 9.17) is 15.2 Å². The summed E-state index contributed by atoms with van der Waals surface area (Å²) in [6.45, 7) is 1.95. The third-order valence-corrected chi connectivity index (χ3v) is 4.17. The second-order valence-electron chi connectivity index (χ2n) is 5.97. The van der Waals surface area contributed by atoms with Crippen molar-refractivity contribution >= 4 is 28.9 Å². The summed E-state index contributed by atoms with van der Waals surface area (Å²) >= 11 is 0. The summed E-state index contributed by atoms with van der Waals surface area (Å²) < 4.78 is 10.7. The van der Waals surface area contributed by atoms with E-state index in [2.05, 4.69) is 5.32 Å². The average Bonchev–Trinajstić information content (AvgIpc) is 2.64. The number of anilines is 3. The fourth-order valence-corrected chi connectivity index (χ4v) is 2.79. The van der Waals surface area contributed by atoms with Gasteiger partial charge in [-0.15, -0.1) is 0 Å². The van der Waals surface area contributed by atoms with Crippen molar-refractivity contribution in [2.75, 3.05) is 29.6 Å². The van der Waals surface area contributed by atoms with Crippen LogP contribution in [0.25, 0.3) is 0 Å². The van der Waals surface area contributed by atoms with Gasteiger partial charge in [0.05, 0.1) is 24.2 Å². The zero-order valence-corrected chi connectivity index (χ0v) is 14.7. The molecule has 136 valence electrons. The Morgan fingerprint density at radius 3 is 2.85 bits per heavy atom. The van der Waals surface area contributed by atoms with Gasteiger partial charge in [-0.2, -0.15) is 0 Å². The first kappa shape index (κ1) is 17.6. The normalized spacial score (nSPS) is 15.8. The fraction of sp³-hybridized carbons (Fsp3) is 0.263. The number of hydrogen-bond donors (Lipinski definition) is 2. The smallest absolute Gasteiger partial charge is 0.267 e. The van der Waals surface area contributed by atoms with E-state index in [1.807, 2.05) is 18.2 Å². The molecule has 7 nitrogen and oxygen atoms in total. The van der Waals surface area contributed by atoms with E-state index in [1.54, 1.807) is 43.2 Å². The first-order valence-electron chi connectivity index (χ1n) is 8.30. The Morgan fingerprint density at radius 2 is 2.08 bits per heavy atom. The van der Waals surface area contributed by atoms with E-state index >= 15 is 0 Å². The van der Waals surface area contributed by atoms with Crippen LogP contribution in [0, 0.1) is 0 Å². The van der Waals surface area contributed by atoms with E-state index in [0.29, 0.717) is 28.6 Å². The van der Waals surface area contributed by atoms with Gasteiger partial charge in [0.15, 0.2) is 6.10 Å². The van der Waals surface area contributed by atoms with Crippen LogP contribution in [0.3, 0.4) is 0 Å². The van der Waals surface area contributed by atoms with Crippen molar-refractivity contribution in [2.24, 2.45) is 0 Å². The van der Waals surface area contributed by atoms with Gasteiger partial charge in [0.25, 0.3) is 5.91 Å². The number of fused-ring (bicyclic) bond motifs is 1. The number of benzene rings is 2. The number of nitrogen functional groups attached to an aromatic ring is 1. The van der Waals surface area contributed by atoms with Crippen molar-refractivity contribution in [1.82, 2.24) is 0 Å². The SMILES string of the molecule is COc1ccc(N)c(NC(=O)CCN2C(=O)C(C)Oc3ccccc32)c1. The van der Waals surface area contributed by atoms with Gasteiger partial charge in [0.2, 0.25) is 5.91 Å². The summed E-state index contributed by atoms with van der Waals surface area (Å²) in [6.07, 6.45) is -0.453. The molecule has 0 aromatic heterocycles. The van der Waals surface area contributed by atoms with Crippen molar-refractivity contribution in [2.45, 2.75) is 19.4 Å². The number of nitrogens with one attached hydrogen (secondary N) is 1. The van der Waals surface area contributed by atoms with Crippen LogP contribution < -0.4 is 25.4 Å². The summed E-state index contributed by atoms with van der Waals surface area (Å²) in [4.78, 5) is 26.3. The molecular weight excluding hydrogens is 334 g/mol. The minimum atomic E-state index is -0.581. The highest BCUT2D eigenvalue weighted by molar-refractivity contribution is 6.01. The maximum atomic E-state index is 12.4. The van der Waals surface area contributed by atoms with Crippen molar-refractivity contribution in [1.29, 1.82) is 0 Å². The van der Waals surface area contributed by atoms with Crippen LogP contribution in [0.5, 0.6) is 11.5 Å². The van der Waals surface area contributed by atoms with E-state index in [-0.39, 0.29) is 24.8 Å². The molecule has 1 atom stereocenters. The number of nitrogens with zero attached hydrogens (tertiary/aromatic N) is 1. The van der Waals surface area contributed by atoms with Gasteiger partial charge >= 0.3 is 0 Å². The molecule has 1 unspecified atom stereocenters. The molecule has 0 radical (unpaired) electrons. The number of methoxy groups -OCH3 is 1. The zero-order chi connectivity index (χ0) is 18.7. The number of carbonyl (C=O) groups excluding carboxylic acids is 2. The molecule has 0 bridgehead atoms. The number of hydrogen-bond acceptors (Lipinski definition) is 5. The highest BCUT2D eigenvalue weighted by Crippen LogP contribution is 2.33. The van der Waals surface area contributed by atoms with Crippen molar-refractivity contribution in [3.8, 4) is 11.5 Å². The minimum absolute atomic E-state index is 0.128. The van der Waals surface area contributed by atoms with Crippen LogP contribution in [0.15, 0.2) is 42.5 Å². The summed E-state index contributed by atoms with van der Waals surface area (Å²) in [5.74, 6) is 0.824. The number of carbonyl (C=O) groups is 2. The molecule has 0 aliphatic carbocycles. The van der Waals surface area contributed by atoms with Crippen LogP contribution in [-0.4, -0.2) is 31.6 Å². The molecule has 2 aromatic carbocycles. The van der Waals surface area contributed by atoms with Gasteiger partial charge in [-0.25, -0.2) is 0 Å². The van der Waals surface area contributed by atoms with Crippen LogP contribution >= 0.6 is 0 Å². The first-order chi connectivity index (χ1) is 12.5. The molecule has 2 aromatic rings. The third-order valence-electron chi connectivity index (χ3n) is 4.17. The van der Waals surface area contributed by atoms with Crippen molar-refractivity contribution in [3.63, 3.8) is 0 Å². The molecule has 3 N–H and O–H groups in total. The fourth-order valence-electron chi connectivity index (χ4n) is 2.79. The number of rotatable bonds is 5. The lowest BCUT2D eigenvalue weighted by Gasteiger charge is -2.32. The van der Waals surface area contributed by atoms with Gasteiger partial charge in [-0.1, -0.05) is 12.1 Å². The lowest BCUT2D eigenvalue weighted by Crippen LogP contribution is -2.45. The predicted molar refractivity (Wildman–Crippen MR) is 99.5 cm³/mol. The molecule has 1 heterocycles. The molecule has 0 saturated carbocycles. The number of amides is 2. The van der Waals surface area contributed by atoms with Gasteiger partial charge < -0.3 is 25.4 Å². The van der Waals surface area contributed by atoms with Gasteiger partial charge in [0.1, 0.15) is 11.5 Å². The summed E-state index contributed by atoms with van der Waals surface area (Å²) in [5.41, 5.74) is 7.48. The molecule has 2 amide bonds. The number of para-hydroxylation sites is 2. The van der Waals surface area contributed by atoms with E-state index < -0.39 is 6.10 Å². The average molecular weight is 355 g/mol. The maximum Gasteiger partial charge on any atom is 0.267 e. The van der Waals surface area contributed by atoms with E-state index in [1.165, 1.54) is 0 Å². The Kier molecular flexibility index (Phi) is 4.97. The third kappa shape index (κ3) is 3.56. The quantitative estimate of drug-likeness (QED) is 0.804. The second-order valence-corrected chi connectivity index (χ2v) is 5.97. The highest BCUT2D eigenvalue weighted by Gasteiger charge is 2.31. The van der Waals surface area contributed by atoms with Crippen LogP contribution in [-0.2, 0) is 9.59 Å². The molecule has 0 saturated heterocycles. The molecule has 0 fully saturated rings. The predicted octanol–water partition coefficient (Wildman–Crippen LogP) is 2.42. The summed E-state index contributed by atoms with van der Waals surface area (Å²) in [6, 6.07) is 12.3. The molecule has 26 heavy (non-hydrogen) atoms. The Bertz CT molecular complexity index is 837. The molecule has 7 heteroatoms. The van der Waals surface area contributed by atoms with E-state index in [9.17, 15) is 9.59 Å². The molecule has 1 aliphatic rings. The molecule has 3 rings (SSSR count). The van der Waals surface area contributed by atoms with Gasteiger partial charge in [-0.05, 0) is 31.2 Å². The lowest BCUT2D eigenvalue weighted by atomic mass is 10.1. The maximum absolute atomic E-state index is 12.4. The minimum Gasteiger partial charge on any atom is -0.497 e. The largest absolute Gasteiger partial charge is 0.497 e. The second kappa shape index (κ2) is 7.35. The van der Waals surface area contributed by atoms with E-state index in [0.717, 1.165) is 0 Å². The Labute approximate surface area is 151 Å². The topological polar surface area (TPSA) is 93.9 Å². The summed E-state index contributed by atoms with van der Waals surface area (Å²) in [7, 11) is 1.54.